The van der Waals surface area contributed by atoms with Crippen molar-refractivity contribution in [2.45, 2.75) is 42.7 Å². The Morgan fingerprint density at radius 2 is 1.59 bits per heavy atom. The van der Waals surface area contributed by atoms with Crippen LogP contribution in [0.1, 0.15) is 33.1 Å². The molecule has 3 rings (SSSR count). The number of sulfonamides is 1. The van der Waals surface area contributed by atoms with Gasteiger partial charge in [-0.1, -0.05) is 23.8 Å². The molecule has 0 bridgehead atoms. The van der Waals surface area contributed by atoms with E-state index in [2.05, 4.69) is 9.71 Å². The fourth-order valence-electron chi connectivity index (χ4n) is 3.78. The highest BCUT2D eigenvalue weighted by Crippen LogP contribution is 2.30. The van der Waals surface area contributed by atoms with Crippen LogP contribution >= 0.6 is 0 Å². The van der Waals surface area contributed by atoms with E-state index >= 15 is 0 Å². The van der Waals surface area contributed by atoms with E-state index in [1.54, 1.807) is 38.1 Å². The average molecular weight is 477 g/mol. The van der Waals surface area contributed by atoms with Gasteiger partial charge in [0, 0.05) is 18.9 Å². The number of benzene rings is 2. The zero-order valence-electron chi connectivity index (χ0n) is 18.3. The summed E-state index contributed by atoms with van der Waals surface area (Å²) >= 11 is 0. The quantitative estimate of drug-likeness (QED) is 0.521. The van der Waals surface area contributed by atoms with Crippen molar-refractivity contribution in [1.82, 2.24) is 9.71 Å². The fraction of sp³-hybridized carbons (Fsp3) is 0.261. The van der Waals surface area contributed by atoms with Crippen LogP contribution in [-0.2, 0) is 19.9 Å². The highest BCUT2D eigenvalue weighted by molar-refractivity contribution is 7.92. The first-order valence-electron chi connectivity index (χ1n) is 9.91. The molecule has 170 valence electrons. The summed E-state index contributed by atoms with van der Waals surface area (Å²) in [4.78, 5) is 4.02. The van der Waals surface area contributed by atoms with Crippen LogP contribution in [-0.4, -0.2) is 28.4 Å². The summed E-state index contributed by atoms with van der Waals surface area (Å²) in [5.41, 5.74) is 2.59. The molecule has 3 aromatic rings. The zero-order chi connectivity index (χ0) is 23.7. The number of aromatic nitrogens is 1. The SMILES string of the molecule is Cc1cc(C)c(S(=O)(=O)NC[C@H](c2cccnc2)S(=O)(=O)c2ccc(F)c(C)c2)c(C)c1. The molecule has 1 N–H and O–H groups in total. The molecule has 2 aromatic carbocycles. The molecule has 0 spiro atoms. The van der Waals surface area contributed by atoms with E-state index in [-0.39, 0.29) is 15.4 Å². The van der Waals surface area contributed by atoms with E-state index in [9.17, 15) is 21.2 Å². The van der Waals surface area contributed by atoms with Crippen LogP contribution in [0, 0.1) is 33.5 Å². The number of nitrogens with one attached hydrogen (secondary N) is 1. The van der Waals surface area contributed by atoms with Crippen molar-refractivity contribution in [3.05, 3.63) is 88.5 Å². The van der Waals surface area contributed by atoms with Gasteiger partial charge in [0.25, 0.3) is 0 Å². The molecular formula is C23H25FN2O4S2. The van der Waals surface area contributed by atoms with Crippen LogP contribution in [0.15, 0.2) is 64.6 Å². The lowest BCUT2D eigenvalue weighted by atomic mass is 10.1. The molecular weight excluding hydrogens is 451 g/mol. The van der Waals surface area contributed by atoms with Gasteiger partial charge in [0.05, 0.1) is 9.79 Å². The van der Waals surface area contributed by atoms with Gasteiger partial charge < -0.3 is 0 Å². The standard InChI is InChI=1S/C23H25FN2O4S2/c1-15-10-17(3)23(18(4)11-15)32(29,30)26-14-22(19-6-5-9-25-13-19)31(27,28)20-7-8-21(24)16(2)12-20/h5-13,22,26H,14H2,1-4H3/t22-/m1/s1. The van der Waals surface area contributed by atoms with Crippen LogP contribution in [0.5, 0.6) is 0 Å². The summed E-state index contributed by atoms with van der Waals surface area (Å²) in [7, 11) is -8.05. The number of hydrogen-bond donors (Lipinski definition) is 1. The maximum Gasteiger partial charge on any atom is 0.241 e. The minimum Gasteiger partial charge on any atom is -0.264 e. The van der Waals surface area contributed by atoms with Gasteiger partial charge in [-0.05, 0) is 74.2 Å². The van der Waals surface area contributed by atoms with Gasteiger partial charge in [0.15, 0.2) is 9.84 Å². The number of aryl methyl sites for hydroxylation is 4. The molecule has 1 heterocycles. The molecule has 0 saturated heterocycles. The Bertz CT molecular complexity index is 1330. The third-order valence-electron chi connectivity index (χ3n) is 5.22. The van der Waals surface area contributed by atoms with Crippen molar-refractivity contribution >= 4 is 19.9 Å². The Hall–Kier alpha value is -2.62. The molecule has 1 aromatic heterocycles. The van der Waals surface area contributed by atoms with E-state index in [1.165, 1.54) is 31.5 Å². The normalized spacial score (nSPS) is 13.2. The first kappa shape index (κ1) is 24.0. The van der Waals surface area contributed by atoms with Crippen LogP contribution in [0.2, 0.25) is 0 Å². The Morgan fingerprint density at radius 3 is 2.16 bits per heavy atom. The van der Waals surface area contributed by atoms with E-state index in [0.29, 0.717) is 16.7 Å². The number of sulfone groups is 1. The second-order valence-electron chi connectivity index (χ2n) is 7.81. The van der Waals surface area contributed by atoms with Crippen molar-refractivity contribution in [3.8, 4) is 0 Å². The summed E-state index contributed by atoms with van der Waals surface area (Å²) in [5.74, 6) is -0.520. The summed E-state index contributed by atoms with van der Waals surface area (Å²) in [6.45, 7) is 6.34. The maximum absolute atomic E-state index is 13.7. The lowest BCUT2D eigenvalue weighted by Gasteiger charge is -2.20. The minimum atomic E-state index is -4.06. The zero-order valence-corrected chi connectivity index (χ0v) is 19.9. The van der Waals surface area contributed by atoms with Crippen molar-refractivity contribution in [1.29, 1.82) is 0 Å². The number of pyridine rings is 1. The van der Waals surface area contributed by atoms with Gasteiger partial charge in [-0.2, -0.15) is 0 Å². The second kappa shape index (κ2) is 9.09. The highest BCUT2D eigenvalue weighted by atomic mass is 32.2. The number of nitrogens with zero attached hydrogens (tertiary/aromatic N) is 1. The van der Waals surface area contributed by atoms with Crippen LogP contribution in [0.3, 0.4) is 0 Å². The van der Waals surface area contributed by atoms with Crippen LogP contribution in [0.4, 0.5) is 4.39 Å². The third kappa shape index (κ3) is 4.90. The maximum atomic E-state index is 13.7. The first-order chi connectivity index (χ1) is 14.9. The van der Waals surface area contributed by atoms with Gasteiger partial charge in [-0.15, -0.1) is 0 Å². The van der Waals surface area contributed by atoms with Gasteiger partial charge in [-0.25, -0.2) is 25.9 Å². The Labute approximate surface area is 188 Å². The van der Waals surface area contributed by atoms with E-state index in [4.69, 9.17) is 0 Å². The molecule has 9 heteroatoms. The molecule has 0 aliphatic heterocycles. The van der Waals surface area contributed by atoms with Gasteiger partial charge in [0.1, 0.15) is 11.1 Å². The van der Waals surface area contributed by atoms with Gasteiger partial charge in [-0.3, -0.25) is 4.98 Å². The fourth-order valence-corrected chi connectivity index (χ4v) is 7.11. The van der Waals surface area contributed by atoms with E-state index < -0.39 is 37.5 Å². The number of rotatable bonds is 7. The van der Waals surface area contributed by atoms with Crippen molar-refractivity contribution < 1.29 is 21.2 Å². The van der Waals surface area contributed by atoms with E-state index in [1.807, 2.05) is 6.92 Å². The Balaban J connectivity index is 2.02. The molecule has 0 saturated carbocycles. The second-order valence-corrected chi connectivity index (χ2v) is 11.6. The molecule has 0 aliphatic rings. The summed E-state index contributed by atoms with van der Waals surface area (Å²) in [6.07, 6.45) is 2.88. The smallest absolute Gasteiger partial charge is 0.241 e. The third-order valence-corrected chi connectivity index (χ3v) is 9.05. The molecule has 32 heavy (non-hydrogen) atoms. The van der Waals surface area contributed by atoms with Crippen molar-refractivity contribution in [2.75, 3.05) is 6.54 Å². The molecule has 0 aliphatic carbocycles. The molecule has 0 amide bonds. The minimum absolute atomic E-state index is 0.0906. The molecule has 6 nitrogen and oxygen atoms in total. The van der Waals surface area contributed by atoms with Crippen LogP contribution in [0.25, 0.3) is 0 Å². The Kier molecular flexibility index (Phi) is 6.83. The molecule has 1 atom stereocenters. The molecule has 0 unspecified atom stereocenters. The van der Waals surface area contributed by atoms with Gasteiger partial charge in [0.2, 0.25) is 10.0 Å². The van der Waals surface area contributed by atoms with Crippen LogP contribution < -0.4 is 4.72 Å². The highest BCUT2D eigenvalue weighted by Gasteiger charge is 2.32. The summed E-state index contributed by atoms with van der Waals surface area (Å²) in [5, 5.41) is -1.25. The summed E-state index contributed by atoms with van der Waals surface area (Å²) in [6, 6.07) is 10.2. The van der Waals surface area contributed by atoms with Crippen molar-refractivity contribution in [2.24, 2.45) is 0 Å². The van der Waals surface area contributed by atoms with Crippen molar-refractivity contribution in [3.63, 3.8) is 0 Å². The Morgan fingerprint density at radius 1 is 0.938 bits per heavy atom. The topological polar surface area (TPSA) is 93.2 Å². The van der Waals surface area contributed by atoms with Gasteiger partial charge >= 0.3 is 0 Å². The average Bonchev–Trinajstić information content (AvgIpc) is 2.69. The lowest BCUT2D eigenvalue weighted by Crippen LogP contribution is -2.33. The monoisotopic (exact) mass is 476 g/mol. The predicted molar refractivity (Wildman–Crippen MR) is 121 cm³/mol. The lowest BCUT2D eigenvalue weighted by molar-refractivity contribution is 0.567. The summed E-state index contributed by atoms with van der Waals surface area (Å²) < 4.78 is 69.3. The first-order valence-corrected chi connectivity index (χ1v) is 12.9. The predicted octanol–water partition coefficient (Wildman–Crippen LogP) is 3.95. The van der Waals surface area contributed by atoms with E-state index in [0.717, 1.165) is 11.6 Å². The molecule has 0 fully saturated rings. The molecule has 0 radical (unpaired) electrons. The largest absolute Gasteiger partial charge is 0.264 e. The number of halogens is 1. The number of hydrogen-bond acceptors (Lipinski definition) is 5.